The first-order valence-electron chi connectivity index (χ1n) is 5.47. The van der Waals surface area contributed by atoms with E-state index in [9.17, 15) is 8.78 Å². The molecule has 0 aliphatic carbocycles. The van der Waals surface area contributed by atoms with E-state index in [4.69, 9.17) is 0 Å². The molecule has 1 atom stereocenters. The van der Waals surface area contributed by atoms with E-state index in [0.29, 0.717) is 5.69 Å². The maximum Gasteiger partial charge on any atom is 0.128 e. The second-order valence-electron chi connectivity index (χ2n) is 4.43. The molecule has 0 aromatic heterocycles. The van der Waals surface area contributed by atoms with Crippen molar-refractivity contribution in [1.29, 1.82) is 0 Å². The smallest absolute Gasteiger partial charge is 0.128 e. The molecule has 16 heavy (non-hydrogen) atoms. The zero-order valence-electron chi connectivity index (χ0n) is 9.58. The SMILES string of the molecule is CC1CN(C)CCN1c1cc(F)cc(F)c1. The highest BCUT2D eigenvalue weighted by Gasteiger charge is 2.22. The highest BCUT2D eigenvalue weighted by atomic mass is 19.1. The van der Waals surface area contributed by atoms with E-state index in [1.165, 1.54) is 12.1 Å². The fourth-order valence-electron chi connectivity index (χ4n) is 2.23. The lowest BCUT2D eigenvalue weighted by Crippen LogP contribution is -2.50. The summed E-state index contributed by atoms with van der Waals surface area (Å²) in [5.41, 5.74) is 0.637. The van der Waals surface area contributed by atoms with Crippen LogP contribution in [0.25, 0.3) is 0 Å². The van der Waals surface area contributed by atoms with E-state index in [1.807, 2.05) is 4.90 Å². The van der Waals surface area contributed by atoms with Crippen molar-refractivity contribution < 1.29 is 8.78 Å². The fourth-order valence-corrected chi connectivity index (χ4v) is 2.23. The number of halogens is 2. The van der Waals surface area contributed by atoms with E-state index in [2.05, 4.69) is 18.9 Å². The maximum absolute atomic E-state index is 13.1. The second kappa shape index (κ2) is 4.37. The average molecular weight is 226 g/mol. The Hall–Kier alpha value is -1.16. The molecule has 2 rings (SSSR count). The van der Waals surface area contributed by atoms with Crippen molar-refractivity contribution in [2.75, 3.05) is 31.6 Å². The number of nitrogens with zero attached hydrogens (tertiary/aromatic N) is 2. The van der Waals surface area contributed by atoms with Crippen LogP contribution >= 0.6 is 0 Å². The molecule has 0 saturated carbocycles. The molecule has 0 spiro atoms. The molecule has 1 aromatic carbocycles. The molecule has 1 fully saturated rings. The Bertz CT molecular complexity index is 361. The number of likely N-dealkylation sites (N-methyl/N-ethyl adjacent to an activating group) is 1. The lowest BCUT2D eigenvalue weighted by Gasteiger charge is -2.39. The number of piperazine rings is 1. The van der Waals surface area contributed by atoms with Gasteiger partial charge in [0.2, 0.25) is 0 Å². The van der Waals surface area contributed by atoms with E-state index >= 15 is 0 Å². The van der Waals surface area contributed by atoms with Gasteiger partial charge in [-0.2, -0.15) is 0 Å². The number of hydrogen-bond donors (Lipinski definition) is 0. The van der Waals surface area contributed by atoms with Crippen LogP contribution < -0.4 is 4.90 Å². The van der Waals surface area contributed by atoms with Crippen molar-refractivity contribution in [1.82, 2.24) is 4.90 Å². The number of hydrogen-bond acceptors (Lipinski definition) is 2. The van der Waals surface area contributed by atoms with Crippen molar-refractivity contribution in [3.63, 3.8) is 0 Å². The summed E-state index contributed by atoms with van der Waals surface area (Å²) in [7, 11) is 2.06. The van der Waals surface area contributed by atoms with Gasteiger partial charge in [0.1, 0.15) is 11.6 Å². The van der Waals surface area contributed by atoms with Crippen molar-refractivity contribution in [2.45, 2.75) is 13.0 Å². The molecule has 2 nitrogen and oxygen atoms in total. The molecule has 1 saturated heterocycles. The third-order valence-electron chi connectivity index (χ3n) is 3.01. The van der Waals surface area contributed by atoms with Crippen molar-refractivity contribution in [3.05, 3.63) is 29.8 Å². The van der Waals surface area contributed by atoms with Gasteiger partial charge in [0.25, 0.3) is 0 Å². The number of rotatable bonds is 1. The van der Waals surface area contributed by atoms with Gasteiger partial charge >= 0.3 is 0 Å². The van der Waals surface area contributed by atoms with Crippen molar-refractivity contribution >= 4 is 5.69 Å². The molecule has 1 aliphatic rings. The van der Waals surface area contributed by atoms with Crippen LogP contribution in [0.1, 0.15) is 6.92 Å². The summed E-state index contributed by atoms with van der Waals surface area (Å²) in [5, 5.41) is 0. The molecular formula is C12H16F2N2. The molecule has 4 heteroatoms. The summed E-state index contributed by atoms with van der Waals surface area (Å²) in [6, 6.07) is 3.97. The molecular weight excluding hydrogens is 210 g/mol. The predicted molar refractivity (Wildman–Crippen MR) is 60.7 cm³/mol. The Morgan fingerprint density at radius 3 is 2.31 bits per heavy atom. The van der Waals surface area contributed by atoms with Gasteiger partial charge in [-0.3, -0.25) is 0 Å². The fraction of sp³-hybridized carbons (Fsp3) is 0.500. The Morgan fingerprint density at radius 2 is 1.75 bits per heavy atom. The highest BCUT2D eigenvalue weighted by Crippen LogP contribution is 2.22. The minimum atomic E-state index is -0.513. The van der Waals surface area contributed by atoms with Gasteiger partial charge in [0.15, 0.2) is 0 Å². The van der Waals surface area contributed by atoms with Crippen LogP contribution in [0.4, 0.5) is 14.5 Å². The summed E-state index contributed by atoms with van der Waals surface area (Å²) >= 11 is 0. The molecule has 0 radical (unpaired) electrons. The Labute approximate surface area is 94.5 Å². The molecule has 0 amide bonds. The first kappa shape index (κ1) is 11.3. The van der Waals surface area contributed by atoms with Gasteiger partial charge in [0, 0.05) is 37.4 Å². The summed E-state index contributed by atoms with van der Waals surface area (Å²) in [6.07, 6.45) is 0. The Kier molecular flexibility index (Phi) is 3.10. The molecule has 1 heterocycles. The monoisotopic (exact) mass is 226 g/mol. The van der Waals surface area contributed by atoms with Crippen LogP contribution in [0.2, 0.25) is 0 Å². The van der Waals surface area contributed by atoms with E-state index in [-0.39, 0.29) is 6.04 Å². The van der Waals surface area contributed by atoms with Crippen LogP contribution in [-0.2, 0) is 0 Å². The molecule has 88 valence electrons. The molecule has 0 N–H and O–H groups in total. The van der Waals surface area contributed by atoms with Gasteiger partial charge < -0.3 is 9.80 Å². The van der Waals surface area contributed by atoms with Crippen LogP contribution in [0.3, 0.4) is 0 Å². The van der Waals surface area contributed by atoms with E-state index in [0.717, 1.165) is 25.7 Å². The minimum absolute atomic E-state index is 0.278. The quantitative estimate of drug-likeness (QED) is 0.723. The number of benzene rings is 1. The zero-order valence-corrected chi connectivity index (χ0v) is 9.58. The van der Waals surface area contributed by atoms with Crippen LogP contribution in [0, 0.1) is 11.6 Å². The Morgan fingerprint density at radius 1 is 1.12 bits per heavy atom. The lowest BCUT2D eigenvalue weighted by molar-refractivity contribution is 0.275. The molecule has 1 aromatic rings. The number of anilines is 1. The average Bonchev–Trinajstić information content (AvgIpc) is 2.15. The van der Waals surface area contributed by atoms with Gasteiger partial charge in [-0.05, 0) is 26.1 Å². The maximum atomic E-state index is 13.1. The third kappa shape index (κ3) is 2.32. The summed E-state index contributed by atoms with van der Waals surface area (Å²) in [5.74, 6) is -1.03. The predicted octanol–water partition coefficient (Wildman–Crippen LogP) is 2.11. The topological polar surface area (TPSA) is 6.48 Å². The van der Waals surface area contributed by atoms with Crippen LogP contribution in [-0.4, -0.2) is 37.6 Å². The molecule has 1 aliphatic heterocycles. The molecule has 0 bridgehead atoms. The minimum Gasteiger partial charge on any atom is -0.366 e. The summed E-state index contributed by atoms with van der Waals surface area (Å²) in [4.78, 5) is 4.27. The Balaban J connectivity index is 2.23. The normalized spacial score (nSPS) is 22.5. The lowest BCUT2D eigenvalue weighted by atomic mass is 10.1. The highest BCUT2D eigenvalue weighted by molar-refractivity contribution is 5.48. The van der Waals surface area contributed by atoms with Crippen molar-refractivity contribution in [2.24, 2.45) is 0 Å². The largest absolute Gasteiger partial charge is 0.366 e. The van der Waals surface area contributed by atoms with Gasteiger partial charge in [-0.25, -0.2) is 8.78 Å². The van der Waals surface area contributed by atoms with Gasteiger partial charge in [0.05, 0.1) is 0 Å². The summed E-state index contributed by atoms with van der Waals surface area (Å²) < 4.78 is 26.2. The van der Waals surface area contributed by atoms with Crippen molar-refractivity contribution in [3.8, 4) is 0 Å². The van der Waals surface area contributed by atoms with Crippen LogP contribution in [0.15, 0.2) is 18.2 Å². The molecule has 1 unspecified atom stereocenters. The third-order valence-corrected chi connectivity index (χ3v) is 3.01. The van der Waals surface area contributed by atoms with E-state index in [1.54, 1.807) is 0 Å². The zero-order chi connectivity index (χ0) is 11.7. The van der Waals surface area contributed by atoms with Crippen LogP contribution in [0.5, 0.6) is 0 Å². The second-order valence-corrected chi connectivity index (χ2v) is 4.43. The van der Waals surface area contributed by atoms with E-state index < -0.39 is 11.6 Å². The summed E-state index contributed by atoms with van der Waals surface area (Å²) in [6.45, 7) is 4.71. The van der Waals surface area contributed by atoms with Gasteiger partial charge in [-0.15, -0.1) is 0 Å². The first-order valence-corrected chi connectivity index (χ1v) is 5.47. The standard InChI is InChI=1S/C12H16F2N2/c1-9-8-15(2)3-4-16(9)12-6-10(13)5-11(14)7-12/h5-7,9H,3-4,8H2,1-2H3. The van der Waals surface area contributed by atoms with Gasteiger partial charge in [-0.1, -0.05) is 0 Å². The first-order chi connectivity index (χ1) is 7.56.